The lowest BCUT2D eigenvalue weighted by molar-refractivity contribution is 0.412. The predicted molar refractivity (Wildman–Crippen MR) is 65.8 cm³/mol. The molecule has 1 aromatic carbocycles. The number of rotatable bonds is 1. The summed E-state index contributed by atoms with van der Waals surface area (Å²) in [6, 6.07) is 4.15. The van der Waals surface area contributed by atoms with Gasteiger partial charge in [0.05, 0.1) is 7.11 Å². The number of ether oxygens (including phenoxy) is 1. The molecule has 0 spiro atoms. The number of benzene rings is 1. The molecule has 0 amide bonds. The second-order valence-corrected chi connectivity index (χ2v) is 4.92. The first-order valence-electron chi connectivity index (χ1n) is 3.94. The molecule has 0 fully saturated rings. The Morgan fingerprint density at radius 3 is 2.85 bits per heavy atom. The SMILES string of the molecule is COc1ccc2scc(I)c2c1C. The number of hydrogen-bond acceptors (Lipinski definition) is 2. The number of aryl methyl sites for hydroxylation is 1. The molecule has 3 heteroatoms. The first-order chi connectivity index (χ1) is 6.24. The van der Waals surface area contributed by atoms with E-state index in [2.05, 4.69) is 41.0 Å². The van der Waals surface area contributed by atoms with Crippen molar-refractivity contribution in [1.82, 2.24) is 0 Å². The normalized spacial score (nSPS) is 10.7. The van der Waals surface area contributed by atoms with Gasteiger partial charge in [-0.05, 0) is 41.6 Å². The molecule has 13 heavy (non-hydrogen) atoms. The zero-order chi connectivity index (χ0) is 9.42. The van der Waals surface area contributed by atoms with Crippen LogP contribution in [0, 0.1) is 10.5 Å². The average molecular weight is 304 g/mol. The van der Waals surface area contributed by atoms with E-state index in [-0.39, 0.29) is 0 Å². The first kappa shape index (κ1) is 9.27. The number of thiophene rings is 1. The fourth-order valence-corrected chi connectivity index (χ4v) is 3.59. The fraction of sp³-hybridized carbons (Fsp3) is 0.200. The third-order valence-corrected chi connectivity index (χ3v) is 4.35. The van der Waals surface area contributed by atoms with Gasteiger partial charge in [0, 0.05) is 24.6 Å². The standard InChI is InChI=1S/C10H9IOS/c1-6-8(12-2)3-4-9-10(6)7(11)5-13-9/h3-5H,1-2H3. The molecule has 0 saturated carbocycles. The van der Waals surface area contributed by atoms with E-state index in [1.165, 1.54) is 19.2 Å². The monoisotopic (exact) mass is 304 g/mol. The van der Waals surface area contributed by atoms with Crippen LogP contribution < -0.4 is 4.74 Å². The Balaban J connectivity index is 2.83. The van der Waals surface area contributed by atoms with E-state index in [1.807, 2.05) is 6.07 Å². The van der Waals surface area contributed by atoms with Gasteiger partial charge in [-0.2, -0.15) is 0 Å². The molecule has 1 aromatic heterocycles. The minimum Gasteiger partial charge on any atom is -0.496 e. The molecular formula is C10H9IOS. The Labute approximate surface area is 94.9 Å². The van der Waals surface area contributed by atoms with E-state index in [0.717, 1.165) is 5.75 Å². The number of hydrogen-bond donors (Lipinski definition) is 0. The van der Waals surface area contributed by atoms with Gasteiger partial charge in [-0.25, -0.2) is 0 Å². The number of fused-ring (bicyclic) bond motifs is 1. The molecule has 0 unspecified atom stereocenters. The molecule has 2 rings (SSSR count). The van der Waals surface area contributed by atoms with Gasteiger partial charge in [-0.1, -0.05) is 0 Å². The van der Waals surface area contributed by atoms with E-state index in [1.54, 1.807) is 18.4 Å². The minimum absolute atomic E-state index is 0.976. The summed E-state index contributed by atoms with van der Waals surface area (Å²) in [5.41, 5.74) is 1.24. The molecule has 0 aliphatic carbocycles. The van der Waals surface area contributed by atoms with Crippen LogP contribution in [0.3, 0.4) is 0 Å². The first-order valence-corrected chi connectivity index (χ1v) is 5.90. The number of methoxy groups -OCH3 is 1. The molecule has 0 aliphatic heterocycles. The van der Waals surface area contributed by atoms with Crippen molar-refractivity contribution in [1.29, 1.82) is 0 Å². The summed E-state index contributed by atoms with van der Waals surface area (Å²) < 4.78 is 7.93. The van der Waals surface area contributed by atoms with Gasteiger partial charge in [0.2, 0.25) is 0 Å². The van der Waals surface area contributed by atoms with Gasteiger partial charge >= 0.3 is 0 Å². The summed E-state index contributed by atoms with van der Waals surface area (Å²) in [7, 11) is 1.72. The van der Waals surface area contributed by atoms with Crippen molar-refractivity contribution in [3.8, 4) is 5.75 Å². The maximum absolute atomic E-state index is 5.28. The van der Waals surface area contributed by atoms with Crippen LogP contribution in [0.25, 0.3) is 10.1 Å². The maximum Gasteiger partial charge on any atom is 0.122 e. The zero-order valence-corrected chi connectivity index (χ0v) is 10.4. The Morgan fingerprint density at radius 1 is 1.38 bits per heavy atom. The van der Waals surface area contributed by atoms with E-state index in [4.69, 9.17) is 4.74 Å². The summed E-state index contributed by atoms with van der Waals surface area (Å²) in [5.74, 6) is 0.976. The second kappa shape index (κ2) is 3.46. The van der Waals surface area contributed by atoms with Crippen LogP contribution in [0.2, 0.25) is 0 Å². The van der Waals surface area contributed by atoms with Crippen LogP contribution in [-0.2, 0) is 0 Å². The Hall–Kier alpha value is -0.290. The summed E-state index contributed by atoms with van der Waals surface area (Å²) in [6.07, 6.45) is 0. The van der Waals surface area contributed by atoms with Crippen molar-refractivity contribution < 1.29 is 4.74 Å². The number of halogens is 1. The van der Waals surface area contributed by atoms with E-state index < -0.39 is 0 Å². The Bertz CT molecular complexity index is 447. The maximum atomic E-state index is 5.28. The van der Waals surface area contributed by atoms with Crippen LogP contribution in [0.15, 0.2) is 17.5 Å². The summed E-state index contributed by atoms with van der Waals surface area (Å²) in [5, 5.41) is 3.52. The predicted octanol–water partition coefficient (Wildman–Crippen LogP) is 3.82. The van der Waals surface area contributed by atoms with E-state index in [0.29, 0.717) is 0 Å². The van der Waals surface area contributed by atoms with Gasteiger partial charge in [0.25, 0.3) is 0 Å². The lowest BCUT2D eigenvalue weighted by atomic mass is 10.1. The average Bonchev–Trinajstić information content (AvgIpc) is 2.49. The molecule has 0 saturated heterocycles. The molecule has 1 heterocycles. The highest BCUT2D eigenvalue weighted by Gasteiger charge is 2.07. The molecule has 68 valence electrons. The van der Waals surface area contributed by atoms with E-state index >= 15 is 0 Å². The third kappa shape index (κ3) is 1.44. The van der Waals surface area contributed by atoms with Crippen molar-refractivity contribution in [2.24, 2.45) is 0 Å². The highest BCUT2D eigenvalue weighted by atomic mass is 127. The summed E-state index contributed by atoms with van der Waals surface area (Å²) >= 11 is 4.15. The molecule has 0 atom stereocenters. The molecule has 0 N–H and O–H groups in total. The second-order valence-electron chi connectivity index (χ2n) is 2.85. The topological polar surface area (TPSA) is 9.23 Å². The van der Waals surface area contributed by atoms with Gasteiger partial charge in [-0.3, -0.25) is 0 Å². The molecule has 0 radical (unpaired) electrons. The van der Waals surface area contributed by atoms with Crippen LogP contribution >= 0.6 is 33.9 Å². The summed E-state index contributed by atoms with van der Waals surface area (Å²) in [6.45, 7) is 2.11. The van der Waals surface area contributed by atoms with Gasteiger partial charge < -0.3 is 4.74 Å². The zero-order valence-electron chi connectivity index (χ0n) is 7.43. The van der Waals surface area contributed by atoms with Crippen molar-refractivity contribution in [3.05, 3.63) is 26.6 Å². The smallest absolute Gasteiger partial charge is 0.122 e. The van der Waals surface area contributed by atoms with Gasteiger partial charge in [0.15, 0.2) is 0 Å². The summed E-state index contributed by atoms with van der Waals surface area (Å²) in [4.78, 5) is 0. The van der Waals surface area contributed by atoms with Gasteiger partial charge in [0.1, 0.15) is 5.75 Å². The fourth-order valence-electron chi connectivity index (χ4n) is 1.46. The molecule has 2 aromatic rings. The highest BCUT2D eigenvalue weighted by molar-refractivity contribution is 14.1. The van der Waals surface area contributed by atoms with Crippen LogP contribution in [0.1, 0.15) is 5.56 Å². The van der Waals surface area contributed by atoms with E-state index in [9.17, 15) is 0 Å². The van der Waals surface area contributed by atoms with Crippen LogP contribution in [0.5, 0.6) is 5.75 Å². The van der Waals surface area contributed by atoms with Gasteiger partial charge in [-0.15, -0.1) is 11.3 Å². The van der Waals surface area contributed by atoms with Crippen molar-refractivity contribution in [2.75, 3.05) is 7.11 Å². The minimum atomic E-state index is 0.976. The Morgan fingerprint density at radius 2 is 2.15 bits per heavy atom. The van der Waals surface area contributed by atoms with Crippen LogP contribution in [0.4, 0.5) is 0 Å². The Kier molecular flexibility index (Phi) is 2.47. The molecular weight excluding hydrogens is 295 g/mol. The third-order valence-electron chi connectivity index (χ3n) is 2.13. The van der Waals surface area contributed by atoms with Crippen molar-refractivity contribution in [2.45, 2.75) is 6.92 Å². The largest absolute Gasteiger partial charge is 0.496 e. The quantitative estimate of drug-likeness (QED) is 0.728. The van der Waals surface area contributed by atoms with Crippen molar-refractivity contribution >= 4 is 44.0 Å². The molecule has 0 bridgehead atoms. The molecule has 0 aliphatic rings. The van der Waals surface area contributed by atoms with Crippen LogP contribution in [-0.4, -0.2) is 7.11 Å². The lowest BCUT2D eigenvalue weighted by Crippen LogP contribution is -1.86. The highest BCUT2D eigenvalue weighted by Crippen LogP contribution is 2.34. The molecule has 1 nitrogen and oxygen atoms in total. The van der Waals surface area contributed by atoms with Crippen molar-refractivity contribution in [3.63, 3.8) is 0 Å². The lowest BCUT2D eigenvalue weighted by Gasteiger charge is -2.05.